The van der Waals surface area contributed by atoms with Crippen molar-refractivity contribution in [1.29, 1.82) is 0 Å². The maximum atomic E-state index is 11.1. The lowest BCUT2D eigenvalue weighted by Gasteiger charge is -2.13. The highest BCUT2D eigenvalue weighted by molar-refractivity contribution is 7.90. The zero-order chi connectivity index (χ0) is 11.2. The van der Waals surface area contributed by atoms with Gasteiger partial charge < -0.3 is 10.1 Å². The second kappa shape index (κ2) is 5.98. The van der Waals surface area contributed by atoms with Gasteiger partial charge in [0.15, 0.2) is 0 Å². The summed E-state index contributed by atoms with van der Waals surface area (Å²) in [5.41, 5.74) is 0. The molecule has 6 heteroatoms. The molecule has 0 rings (SSSR count). The van der Waals surface area contributed by atoms with E-state index in [0.717, 1.165) is 6.26 Å². The molecule has 0 fully saturated rings. The third kappa shape index (κ3) is 5.93. The van der Waals surface area contributed by atoms with Gasteiger partial charge in [0.2, 0.25) is 0 Å². The SMILES string of the molecule is CCC(NCCS(C)(=O)=O)C(=O)OC. The van der Waals surface area contributed by atoms with Gasteiger partial charge in [0.1, 0.15) is 15.9 Å². The molecule has 1 atom stereocenters. The monoisotopic (exact) mass is 223 g/mol. The summed E-state index contributed by atoms with van der Waals surface area (Å²) in [6.45, 7) is 2.10. The van der Waals surface area contributed by atoms with Crippen LogP contribution in [-0.4, -0.2) is 46.1 Å². The van der Waals surface area contributed by atoms with E-state index in [0.29, 0.717) is 6.42 Å². The van der Waals surface area contributed by atoms with E-state index in [9.17, 15) is 13.2 Å². The Morgan fingerprint density at radius 2 is 2.07 bits per heavy atom. The van der Waals surface area contributed by atoms with Crippen LogP contribution in [0.4, 0.5) is 0 Å². The third-order valence-corrected chi connectivity index (χ3v) is 2.70. The molecule has 0 amide bonds. The molecule has 0 bridgehead atoms. The lowest BCUT2D eigenvalue weighted by atomic mass is 10.2. The average molecular weight is 223 g/mol. The molecule has 14 heavy (non-hydrogen) atoms. The number of ether oxygens (including phenoxy) is 1. The van der Waals surface area contributed by atoms with E-state index in [1.165, 1.54) is 7.11 Å². The molecule has 0 aromatic carbocycles. The molecule has 1 unspecified atom stereocenters. The number of carbonyl (C=O) groups excluding carboxylic acids is 1. The van der Waals surface area contributed by atoms with Crippen LogP contribution in [-0.2, 0) is 19.4 Å². The van der Waals surface area contributed by atoms with Crippen molar-refractivity contribution in [2.45, 2.75) is 19.4 Å². The summed E-state index contributed by atoms with van der Waals surface area (Å²) in [6, 6.07) is -0.415. The predicted molar refractivity (Wildman–Crippen MR) is 53.8 cm³/mol. The summed E-state index contributed by atoms with van der Waals surface area (Å²) in [6.07, 6.45) is 1.74. The topological polar surface area (TPSA) is 72.5 Å². The van der Waals surface area contributed by atoms with Crippen molar-refractivity contribution in [2.75, 3.05) is 25.7 Å². The van der Waals surface area contributed by atoms with Gasteiger partial charge in [-0.2, -0.15) is 0 Å². The number of rotatable bonds is 6. The second-order valence-corrected chi connectivity index (χ2v) is 5.33. The number of carbonyl (C=O) groups is 1. The molecule has 0 aliphatic rings. The zero-order valence-electron chi connectivity index (χ0n) is 8.74. The molecule has 84 valence electrons. The van der Waals surface area contributed by atoms with Crippen LogP contribution in [0.3, 0.4) is 0 Å². The van der Waals surface area contributed by atoms with Crippen LogP contribution in [0.15, 0.2) is 0 Å². The van der Waals surface area contributed by atoms with Crippen LogP contribution < -0.4 is 5.32 Å². The Bertz CT molecular complexity index is 273. The molecule has 1 N–H and O–H groups in total. The van der Waals surface area contributed by atoms with Crippen LogP contribution >= 0.6 is 0 Å². The summed E-state index contributed by atoms with van der Waals surface area (Å²) in [4.78, 5) is 11.1. The molecule has 0 spiro atoms. The maximum absolute atomic E-state index is 11.1. The van der Waals surface area contributed by atoms with E-state index in [4.69, 9.17) is 0 Å². The van der Waals surface area contributed by atoms with Gasteiger partial charge in [0.25, 0.3) is 0 Å². The highest BCUT2D eigenvalue weighted by Gasteiger charge is 2.16. The summed E-state index contributed by atoms with van der Waals surface area (Å²) >= 11 is 0. The van der Waals surface area contributed by atoms with Crippen LogP contribution in [0.5, 0.6) is 0 Å². The first-order valence-electron chi connectivity index (χ1n) is 4.39. The molecule has 0 saturated heterocycles. The minimum Gasteiger partial charge on any atom is -0.468 e. The summed E-state index contributed by atoms with van der Waals surface area (Å²) < 4.78 is 26.1. The first-order valence-corrected chi connectivity index (χ1v) is 6.45. The van der Waals surface area contributed by atoms with Gasteiger partial charge in [-0.1, -0.05) is 6.92 Å². The molecule has 0 saturated carbocycles. The molecular formula is C8H17NO4S. The van der Waals surface area contributed by atoms with Crippen molar-refractivity contribution in [1.82, 2.24) is 5.32 Å². The lowest BCUT2D eigenvalue weighted by Crippen LogP contribution is -2.39. The first kappa shape index (κ1) is 13.4. The Labute approximate surface area is 84.7 Å². The highest BCUT2D eigenvalue weighted by Crippen LogP contribution is 1.93. The van der Waals surface area contributed by atoms with Gasteiger partial charge >= 0.3 is 5.97 Å². The van der Waals surface area contributed by atoms with Crippen LogP contribution in [0, 0.1) is 0 Å². The zero-order valence-corrected chi connectivity index (χ0v) is 9.56. The Morgan fingerprint density at radius 1 is 1.50 bits per heavy atom. The van der Waals surface area contributed by atoms with Crippen LogP contribution in [0.1, 0.15) is 13.3 Å². The molecule has 0 heterocycles. The van der Waals surface area contributed by atoms with Crippen molar-refractivity contribution < 1.29 is 17.9 Å². The number of nitrogens with one attached hydrogen (secondary N) is 1. The second-order valence-electron chi connectivity index (χ2n) is 3.07. The minimum absolute atomic E-state index is 0.0283. The van der Waals surface area contributed by atoms with Gasteiger partial charge in [0, 0.05) is 12.8 Å². The molecule has 0 aliphatic carbocycles. The van der Waals surface area contributed by atoms with E-state index < -0.39 is 15.9 Å². The number of sulfone groups is 1. The molecule has 0 aromatic heterocycles. The molecule has 5 nitrogen and oxygen atoms in total. The van der Waals surface area contributed by atoms with Gasteiger partial charge in [-0.3, -0.25) is 4.79 Å². The number of esters is 1. The van der Waals surface area contributed by atoms with Crippen molar-refractivity contribution >= 4 is 15.8 Å². The number of hydrogen-bond acceptors (Lipinski definition) is 5. The average Bonchev–Trinajstić information content (AvgIpc) is 2.09. The van der Waals surface area contributed by atoms with E-state index >= 15 is 0 Å². The summed E-state index contributed by atoms with van der Waals surface area (Å²) in [5, 5.41) is 2.82. The fourth-order valence-electron chi connectivity index (χ4n) is 0.955. The summed E-state index contributed by atoms with van der Waals surface area (Å²) in [7, 11) is -1.67. The van der Waals surface area contributed by atoms with Gasteiger partial charge in [0.05, 0.1) is 12.9 Å². The number of hydrogen-bond donors (Lipinski definition) is 1. The lowest BCUT2D eigenvalue weighted by molar-refractivity contribution is -0.143. The Kier molecular flexibility index (Phi) is 5.71. The number of methoxy groups -OCH3 is 1. The fraction of sp³-hybridized carbons (Fsp3) is 0.875. The van der Waals surface area contributed by atoms with E-state index in [-0.39, 0.29) is 18.3 Å². The van der Waals surface area contributed by atoms with Crippen molar-refractivity contribution in [3.8, 4) is 0 Å². The van der Waals surface area contributed by atoms with Gasteiger partial charge in [-0.05, 0) is 6.42 Å². The predicted octanol–water partition coefficient (Wildman–Crippen LogP) is -0.428. The Hall–Kier alpha value is -0.620. The third-order valence-electron chi connectivity index (χ3n) is 1.76. The van der Waals surface area contributed by atoms with Gasteiger partial charge in [-0.25, -0.2) is 8.42 Å². The Morgan fingerprint density at radius 3 is 2.43 bits per heavy atom. The van der Waals surface area contributed by atoms with Crippen LogP contribution in [0.2, 0.25) is 0 Å². The maximum Gasteiger partial charge on any atom is 0.322 e. The molecule has 0 radical (unpaired) electrons. The van der Waals surface area contributed by atoms with E-state index in [1.807, 2.05) is 6.92 Å². The molecule has 0 aliphatic heterocycles. The molecule has 0 aromatic rings. The van der Waals surface area contributed by atoms with Crippen LogP contribution in [0.25, 0.3) is 0 Å². The normalized spacial score (nSPS) is 13.6. The van der Waals surface area contributed by atoms with Crippen molar-refractivity contribution in [3.63, 3.8) is 0 Å². The van der Waals surface area contributed by atoms with Crippen molar-refractivity contribution in [3.05, 3.63) is 0 Å². The van der Waals surface area contributed by atoms with Crippen molar-refractivity contribution in [2.24, 2.45) is 0 Å². The minimum atomic E-state index is -2.98. The smallest absolute Gasteiger partial charge is 0.322 e. The largest absolute Gasteiger partial charge is 0.468 e. The van der Waals surface area contributed by atoms with Gasteiger partial charge in [-0.15, -0.1) is 0 Å². The first-order chi connectivity index (χ1) is 6.40. The highest BCUT2D eigenvalue weighted by atomic mass is 32.2. The van der Waals surface area contributed by atoms with E-state index in [2.05, 4.69) is 10.1 Å². The molecular weight excluding hydrogens is 206 g/mol. The summed E-state index contributed by atoms with van der Waals surface area (Å²) in [5.74, 6) is -0.332. The standard InChI is InChI=1S/C8H17NO4S/c1-4-7(8(10)13-2)9-5-6-14(3,11)12/h7,9H,4-6H2,1-3H3. The van der Waals surface area contributed by atoms with E-state index in [1.54, 1.807) is 0 Å². The fourth-order valence-corrected chi connectivity index (χ4v) is 1.44. The quantitative estimate of drug-likeness (QED) is 0.619. The Balaban J connectivity index is 3.91.